The fourth-order valence-electron chi connectivity index (χ4n) is 4.25. The number of amides is 1. The number of para-hydroxylation sites is 1. The molecule has 2 aliphatic heterocycles. The Morgan fingerprint density at radius 2 is 1.89 bits per heavy atom. The Bertz CT molecular complexity index is 886. The van der Waals surface area contributed by atoms with Gasteiger partial charge >= 0.3 is 0 Å². The van der Waals surface area contributed by atoms with Crippen molar-refractivity contribution in [3.8, 4) is 5.75 Å². The molecule has 27 heavy (non-hydrogen) atoms. The highest BCUT2D eigenvalue weighted by atomic mass is 16.5. The Morgan fingerprint density at radius 3 is 2.63 bits per heavy atom. The van der Waals surface area contributed by atoms with Gasteiger partial charge in [-0.2, -0.15) is 0 Å². The molecule has 1 saturated heterocycles. The van der Waals surface area contributed by atoms with Crippen LogP contribution >= 0.6 is 0 Å². The molecule has 4 heteroatoms. The molecule has 4 nitrogen and oxygen atoms in total. The van der Waals surface area contributed by atoms with Crippen LogP contribution in [-0.2, 0) is 10.2 Å². The number of fused-ring (bicyclic) bond motifs is 3. The molecule has 4 rings (SSSR count). The average Bonchev–Trinajstić information content (AvgIpc) is 3.10. The monoisotopic (exact) mass is 362 g/mol. The van der Waals surface area contributed by atoms with Crippen molar-refractivity contribution < 1.29 is 9.53 Å². The Kier molecular flexibility index (Phi) is 4.22. The standard InChI is InChI=1S/C23H26N2O2/c1-4-15-27-18-11-9-17(10-12-18)13-14-23-22(2,3)19-7-5-6-8-20(19)25(23)16-21(26)24-23/h5-14H,4,15-16H2,1-3H3,(H,24,26). The summed E-state index contributed by atoms with van der Waals surface area (Å²) in [6.07, 6.45) is 5.23. The molecule has 1 unspecified atom stereocenters. The van der Waals surface area contributed by atoms with Gasteiger partial charge in [-0.15, -0.1) is 0 Å². The van der Waals surface area contributed by atoms with Crippen molar-refractivity contribution >= 4 is 17.7 Å². The second kappa shape index (κ2) is 6.45. The van der Waals surface area contributed by atoms with E-state index in [1.54, 1.807) is 0 Å². The fraction of sp³-hybridized carbons (Fsp3) is 0.348. The van der Waals surface area contributed by atoms with Crippen molar-refractivity contribution in [1.82, 2.24) is 5.32 Å². The first-order valence-electron chi connectivity index (χ1n) is 9.58. The van der Waals surface area contributed by atoms with Gasteiger partial charge in [-0.05, 0) is 41.8 Å². The van der Waals surface area contributed by atoms with Crippen molar-refractivity contribution in [3.63, 3.8) is 0 Å². The lowest BCUT2D eigenvalue weighted by atomic mass is 9.75. The van der Waals surface area contributed by atoms with Gasteiger partial charge in [0.2, 0.25) is 5.91 Å². The Morgan fingerprint density at radius 1 is 1.15 bits per heavy atom. The molecule has 2 heterocycles. The largest absolute Gasteiger partial charge is 0.494 e. The summed E-state index contributed by atoms with van der Waals surface area (Å²) in [5.74, 6) is 0.946. The Balaban J connectivity index is 1.67. The van der Waals surface area contributed by atoms with Crippen LogP contribution in [0.4, 0.5) is 5.69 Å². The lowest BCUT2D eigenvalue weighted by Gasteiger charge is -2.40. The predicted octanol–water partition coefficient (Wildman–Crippen LogP) is 4.11. The second-order valence-electron chi connectivity index (χ2n) is 7.79. The quantitative estimate of drug-likeness (QED) is 0.870. The molecule has 0 aliphatic carbocycles. The van der Waals surface area contributed by atoms with Gasteiger partial charge in [-0.25, -0.2) is 0 Å². The number of benzene rings is 2. The number of nitrogens with one attached hydrogen (secondary N) is 1. The summed E-state index contributed by atoms with van der Waals surface area (Å²) in [5.41, 5.74) is 2.69. The predicted molar refractivity (Wildman–Crippen MR) is 109 cm³/mol. The number of rotatable bonds is 5. The van der Waals surface area contributed by atoms with Crippen molar-refractivity contribution in [1.29, 1.82) is 0 Å². The molecular weight excluding hydrogens is 336 g/mol. The van der Waals surface area contributed by atoms with Crippen molar-refractivity contribution in [2.75, 3.05) is 18.1 Å². The third-order valence-corrected chi connectivity index (χ3v) is 5.75. The van der Waals surface area contributed by atoms with Crippen molar-refractivity contribution in [2.45, 2.75) is 38.3 Å². The minimum absolute atomic E-state index is 0.0607. The lowest BCUT2D eigenvalue weighted by molar-refractivity contribution is -0.118. The number of hydrogen-bond donors (Lipinski definition) is 1. The summed E-state index contributed by atoms with van der Waals surface area (Å²) >= 11 is 0. The molecule has 2 aromatic carbocycles. The topological polar surface area (TPSA) is 41.6 Å². The number of hydrogen-bond acceptors (Lipinski definition) is 3. The first-order valence-corrected chi connectivity index (χ1v) is 9.58. The van der Waals surface area contributed by atoms with Gasteiger partial charge in [0.05, 0.1) is 13.2 Å². The van der Waals surface area contributed by atoms with E-state index in [1.165, 1.54) is 5.56 Å². The summed E-state index contributed by atoms with van der Waals surface area (Å²) in [6, 6.07) is 16.5. The van der Waals surface area contributed by atoms with Crippen LogP contribution in [0.25, 0.3) is 6.08 Å². The maximum Gasteiger partial charge on any atom is 0.241 e. The molecule has 140 valence electrons. The molecule has 1 fully saturated rings. The van der Waals surface area contributed by atoms with E-state index < -0.39 is 5.66 Å². The third kappa shape index (κ3) is 2.71. The summed E-state index contributed by atoms with van der Waals surface area (Å²) < 4.78 is 5.66. The summed E-state index contributed by atoms with van der Waals surface area (Å²) in [7, 11) is 0. The van der Waals surface area contributed by atoms with Gasteiger partial charge in [0.15, 0.2) is 0 Å². The second-order valence-corrected chi connectivity index (χ2v) is 7.79. The highest BCUT2D eigenvalue weighted by Gasteiger charge is 2.59. The summed E-state index contributed by atoms with van der Waals surface area (Å²) in [5, 5.41) is 3.25. The SMILES string of the molecule is CCCOc1ccc(C=CC23NC(=O)CN2c2ccccc2C3(C)C)cc1. The van der Waals surface area contributed by atoms with Crippen LogP contribution in [0.1, 0.15) is 38.3 Å². The number of ether oxygens (including phenoxy) is 1. The van der Waals surface area contributed by atoms with Crippen LogP contribution in [0.15, 0.2) is 54.6 Å². The van der Waals surface area contributed by atoms with E-state index in [-0.39, 0.29) is 11.3 Å². The molecule has 1 N–H and O–H groups in total. The molecule has 0 saturated carbocycles. The normalized spacial score (nSPS) is 22.6. The van der Waals surface area contributed by atoms with Crippen LogP contribution in [0.2, 0.25) is 0 Å². The molecular formula is C23H26N2O2. The van der Waals surface area contributed by atoms with Crippen molar-refractivity contribution in [3.05, 3.63) is 65.7 Å². The molecule has 1 atom stereocenters. The van der Waals surface area contributed by atoms with Gasteiger partial charge in [-0.3, -0.25) is 4.79 Å². The number of carbonyl (C=O) groups is 1. The highest BCUT2D eigenvalue weighted by molar-refractivity contribution is 5.91. The van der Waals surface area contributed by atoms with Gasteiger partial charge in [-0.1, -0.05) is 57.2 Å². The fourth-order valence-corrected chi connectivity index (χ4v) is 4.25. The maximum atomic E-state index is 12.3. The minimum Gasteiger partial charge on any atom is -0.494 e. The van der Waals surface area contributed by atoms with E-state index in [0.717, 1.165) is 30.0 Å². The molecule has 2 aromatic rings. The average molecular weight is 362 g/mol. The van der Waals surface area contributed by atoms with E-state index in [4.69, 9.17) is 4.74 Å². The van der Waals surface area contributed by atoms with Crippen molar-refractivity contribution in [2.24, 2.45) is 0 Å². The number of carbonyl (C=O) groups excluding carboxylic acids is 1. The van der Waals surface area contributed by atoms with Crippen LogP contribution in [-0.4, -0.2) is 24.7 Å². The zero-order chi connectivity index (χ0) is 19.1. The molecule has 0 radical (unpaired) electrons. The molecule has 0 bridgehead atoms. The van der Waals surface area contributed by atoms with Crippen LogP contribution in [0.5, 0.6) is 5.75 Å². The van der Waals surface area contributed by atoms with Gasteiger partial charge in [0.1, 0.15) is 11.4 Å². The lowest BCUT2D eigenvalue weighted by Crippen LogP contribution is -2.58. The Labute approximate surface area is 160 Å². The van der Waals surface area contributed by atoms with E-state index in [2.05, 4.69) is 61.3 Å². The third-order valence-electron chi connectivity index (χ3n) is 5.75. The highest BCUT2D eigenvalue weighted by Crippen LogP contribution is 2.52. The zero-order valence-electron chi connectivity index (χ0n) is 16.2. The molecule has 0 spiro atoms. The van der Waals surface area contributed by atoms with Crippen LogP contribution in [0, 0.1) is 0 Å². The smallest absolute Gasteiger partial charge is 0.241 e. The maximum absolute atomic E-state index is 12.3. The molecule has 0 aromatic heterocycles. The van der Waals surface area contributed by atoms with Gasteiger partial charge in [0, 0.05) is 11.1 Å². The van der Waals surface area contributed by atoms with E-state index in [9.17, 15) is 4.79 Å². The van der Waals surface area contributed by atoms with Gasteiger partial charge in [0.25, 0.3) is 0 Å². The first kappa shape index (κ1) is 17.7. The van der Waals surface area contributed by atoms with Gasteiger partial charge < -0.3 is 15.0 Å². The molecule has 1 amide bonds. The van der Waals surface area contributed by atoms with Crippen LogP contribution in [0.3, 0.4) is 0 Å². The first-order chi connectivity index (χ1) is 13.0. The van der Waals surface area contributed by atoms with E-state index in [0.29, 0.717) is 6.54 Å². The Hall–Kier alpha value is -2.75. The molecule has 2 aliphatic rings. The zero-order valence-corrected chi connectivity index (χ0v) is 16.2. The number of anilines is 1. The van der Waals surface area contributed by atoms with E-state index >= 15 is 0 Å². The summed E-state index contributed by atoms with van der Waals surface area (Å²) in [6.45, 7) is 7.60. The number of nitrogens with zero attached hydrogens (tertiary/aromatic N) is 1. The van der Waals surface area contributed by atoms with Crippen LogP contribution < -0.4 is 15.0 Å². The summed E-state index contributed by atoms with van der Waals surface area (Å²) in [4.78, 5) is 14.5. The van der Waals surface area contributed by atoms with E-state index in [1.807, 2.05) is 30.3 Å². The minimum atomic E-state index is -0.550.